The third-order valence-electron chi connectivity index (χ3n) is 4.27. The van der Waals surface area contributed by atoms with Crippen LogP contribution in [0.4, 0.5) is 5.69 Å². The summed E-state index contributed by atoms with van der Waals surface area (Å²) in [7, 11) is -3.73. The van der Waals surface area contributed by atoms with Crippen LogP contribution < -0.4 is 4.72 Å². The molecule has 3 aromatic rings. The van der Waals surface area contributed by atoms with Gasteiger partial charge in [0.25, 0.3) is 10.0 Å². The highest BCUT2D eigenvalue weighted by molar-refractivity contribution is 7.92. The number of anilines is 1. The van der Waals surface area contributed by atoms with Crippen molar-refractivity contribution in [3.63, 3.8) is 0 Å². The van der Waals surface area contributed by atoms with Crippen LogP contribution in [0, 0.1) is 6.92 Å². The van der Waals surface area contributed by atoms with Gasteiger partial charge in [-0.25, -0.2) is 13.4 Å². The third kappa shape index (κ3) is 3.48. The molecule has 2 aromatic carbocycles. The summed E-state index contributed by atoms with van der Waals surface area (Å²) in [4.78, 5) is 4.44. The van der Waals surface area contributed by atoms with Crippen molar-refractivity contribution < 1.29 is 12.8 Å². The lowest BCUT2D eigenvalue weighted by Gasteiger charge is -2.10. The molecule has 5 nitrogen and oxygen atoms in total. The van der Waals surface area contributed by atoms with Crippen LogP contribution in [0.3, 0.4) is 0 Å². The summed E-state index contributed by atoms with van der Waals surface area (Å²) < 4.78 is 33.5. The molecule has 26 heavy (non-hydrogen) atoms. The van der Waals surface area contributed by atoms with Gasteiger partial charge in [-0.2, -0.15) is 0 Å². The summed E-state index contributed by atoms with van der Waals surface area (Å²) in [6.45, 7) is 1.87. The van der Waals surface area contributed by atoms with Crippen molar-refractivity contribution in [2.45, 2.75) is 30.6 Å². The molecular weight excluding hydrogens is 372 g/mol. The second kappa shape index (κ2) is 6.45. The zero-order chi connectivity index (χ0) is 18.3. The Morgan fingerprint density at radius 3 is 2.58 bits per heavy atom. The Morgan fingerprint density at radius 1 is 1.15 bits per heavy atom. The van der Waals surface area contributed by atoms with Gasteiger partial charge in [-0.1, -0.05) is 17.7 Å². The number of hydrogen-bond donors (Lipinski definition) is 1. The molecule has 1 N–H and O–H groups in total. The van der Waals surface area contributed by atoms with E-state index in [1.165, 1.54) is 0 Å². The SMILES string of the molecule is Cc1ccc(Cl)c(NS(=O)(=O)c2ccc(-c3cnc(C4CC4)o3)cc2)c1. The zero-order valence-electron chi connectivity index (χ0n) is 14.1. The maximum absolute atomic E-state index is 12.6. The van der Waals surface area contributed by atoms with Crippen molar-refractivity contribution in [1.29, 1.82) is 0 Å². The molecule has 134 valence electrons. The van der Waals surface area contributed by atoms with Crippen molar-refractivity contribution in [2.75, 3.05) is 4.72 Å². The van der Waals surface area contributed by atoms with E-state index in [0.717, 1.165) is 29.9 Å². The lowest BCUT2D eigenvalue weighted by Crippen LogP contribution is -2.13. The number of aromatic nitrogens is 1. The third-order valence-corrected chi connectivity index (χ3v) is 5.98. The molecule has 1 fully saturated rings. The monoisotopic (exact) mass is 388 g/mol. The van der Waals surface area contributed by atoms with Gasteiger partial charge in [0.05, 0.1) is 21.8 Å². The molecule has 1 aromatic heterocycles. The van der Waals surface area contributed by atoms with E-state index < -0.39 is 10.0 Å². The van der Waals surface area contributed by atoms with E-state index in [4.69, 9.17) is 16.0 Å². The summed E-state index contributed by atoms with van der Waals surface area (Å²) in [6.07, 6.45) is 3.91. The Kier molecular flexibility index (Phi) is 4.25. The molecule has 4 rings (SSSR count). The van der Waals surface area contributed by atoms with E-state index in [2.05, 4.69) is 9.71 Å². The minimum absolute atomic E-state index is 0.153. The van der Waals surface area contributed by atoms with Crippen molar-refractivity contribution in [3.8, 4) is 11.3 Å². The van der Waals surface area contributed by atoms with E-state index in [9.17, 15) is 8.42 Å². The van der Waals surface area contributed by atoms with Crippen LogP contribution in [-0.2, 0) is 10.0 Å². The summed E-state index contributed by atoms with van der Waals surface area (Å²) >= 11 is 6.08. The van der Waals surface area contributed by atoms with Crippen molar-refractivity contribution >= 4 is 27.3 Å². The number of halogens is 1. The van der Waals surface area contributed by atoms with Gasteiger partial charge < -0.3 is 4.42 Å². The van der Waals surface area contributed by atoms with E-state index in [-0.39, 0.29) is 4.90 Å². The fraction of sp³-hybridized carbons (Fsp3) is 0.211. The van der Waals surface area contributed by atoms with Crippen LogP contribution in [0.5, 0.6) is 0 Å². The molecule has 0 bridgehead atoms. The zero-order valence-corrected chi connectivity index (χ0v) is 15.6. The van der Waals surface area contributed by atoms with Gasteiger partial charge >= 0.3 is 0 Å². The van der Waals surface area contributed by atoms with Crippen LogP contribution in [0.15, 0.2) is 58.0 Å². The number of nitrogens with zero attached hydrogens (tertiary/aromatic N) is 1. The molecule has 0 saturated heterocycles. The highest BCUT2D eigenvalue weighted by atomic mass is 35.5. The molecule has 7 heteroatoms. The van der Waals surface area contributed by atoms with E-state index >= 15 is 0 Å². The maximum Gasteiger partial charge on any atom is 0.261 e. The van der Waals surface area contributed by atoms with Crippen LogP contribution in [-0.4, -0.2) is 13.4 Å². The van der Waals surface area contributed by atoms with Gasteiger partial charge in [0, 0.05) is 11.5 Å². The highest BCUT2D eigenvalue weighted by Crippen LogP contribution is 2.40. The van der Waals surface area contributed by atoms with Crippen LogP contribution in [0.25, 0.3) is 11.3 Å². The van der Waals surface area contributed by atoms with Crippen molar-refractivity contribution in [2.24, 2.45) is 0 Å². The lowest BCUT2D eigenvalue weighted by molar-refractivity contribution is 0.509. The summed E-state index contributed by atoms with van der Waals surface area (Å²) in [6, 6.07) is 11.7. The maximum atomic E-state index is 12.6. The average Bonchev–Trinajstić information content (AvgIpc) is 3.35. The smallest absolute Gasteiger partial charge is 0.261 e. The molecule has 0 radical (unpaired) electrons. The van der Waals surface area contributed by atoms with Crippen LogP contribution in [0.1, 0.15) is 30.2 Å². The summed E-state index contributed by atoms with van der Waals surface area (Å²) in [5, 5.41) is 0.352. The van der Waals surface area contributed by atoms with Gasteiger partial charge in [-0.05, 0) is 61.7 Å². The molecule has 0 amide bonds. The molecule has 1 aliphatic carbocycles. The average molecular weight is 389 g/mol. The fourth-order valence-electron chi connectivity index (χ4n) is 2.66. The Balaban J connectivity index is 1.57. The molecule has 1 aliphatic rings. The van der Waals surface area contributed by atoms with Crippen molar-refractivity contribution in [3.05, 3.63) is 65.1 Å². The number of benzene rings is 2. The number of sulfonamides is 1. The normalized spacial score (nSPS) is 14.4. The number of nitrogens with one attached hydrogen (secondary N) is 1. The molecule has 0 unspecified atom stereocenters. The minimum atomic E-state index is -3.73. The Hall–Kier alpha value is -2.31. The van der Waals surface area contributed by atoms with E-state index in [1.54, 1.807) is 42.6 Å². The van der Waals surface area contributed by atoms with Crippen LogP contribution >= 0.6 is 11.6 Å². The first-order valence-electron chi connectivity index (χ1n) is 8.27. The largest absolute Gasteiger partial charge is 0.440 e. The summed E-state index contributed by atoms with van der Waals surface area (Å²) in [5.41, 5.74) is 2.07. The first-order valence-corrected chi connectivity index (χ1v) is 10.1. The van der Waals surface area contributed by atoms with Gasteiger partial charge in [0.1, 0.15) is 0 Å². The summed E-state index contributed by atoms with van der Waals surface area (Å²) in [5.74, 6) is 1.84. The number of aryl methyl sites for hydroxylation is 1. The van der Waals surface area contributed by atoms with Gasteiger partial charge in [0.15, 0.2) is 11.7 Å². The number of oxazole rings is 1. The molecule has 0 atom stereocenters. The van der Waals surface area contributed by atoms with E-state index in [0.29, 0.717) is 22.4 Å². The quantitative estimate of drug-likeness (QED) is 0.668. The first kappa shape index (κ1) is 17.1. The second-order valence-electron chi connectivity index (χ2n) is 6.45. The first-order chi connectivity index (χ1) is 12.4. The fourth-order valence-corrected chi connectivity index (χ4v) is 3.95. The Labute approximate surface area is 157 Å². The number of rotatable bonds is 5. The molecule has 1 heterocycles. The number of hydrogen-bond acceptors (Lipinski definition) is 4. The van der Waals surface area contributed by atoms with Crippen molar-refractivity contribution in [1.82, 2.24) is 4.98 Å². The Morgan fingerprint density at radius 2 is 1.88 bits per heavy atom. The highest BCUT2D eigenvalue weighted by Gasteiger charge is 2.28. The van der Waals surface area contributed by atoms with Gasteiger partial charge in [0.2, 0.25) is 0 Å². The molecule has 0 aliphatic heterocycles. The van der Waals surface area contributed by atoms with Gasteiger partial charge in [-0.15, -0.1) is 0 Å². The Bertz CT molecular complexity index is 1050. The standard InChI is InChI=1S/C19H17ClN2O3S/c1-12-2-9-16(20)17(10-12)22-26(23,24)15-7-5-13(6-8-15)18-11-21-19(25-18)14-3-4-14/h2,5-11,14,22H,3-4H2,1H3. The lowest BCUT2D eigenvalue weighted by atomic mass is 10.2. The van der Waals surface area contributed by atoms with Gasteiger partial charge in [-0.3, -0.25) is 4.72 Å². The molecule has 1 saturated carbocycles. The van der Waals surface area contributed by atoms with Crippen LogP contribution in [0.2, 0.25) is 5.02 Å². The van der Waals surface area contributed by atoms with E-state index in [1.807, 2.05) is 13.0 Å². The minimum Gasteiger partial charge on any atom is -0.440 e. The predicted molar refractivity (Wildman–Crippen MR) is 101 cm³/mol. The molecular formula is C19H17ClN2O3S. The topological polar surface area (TPSA) is 72.2 Å². The molecule has 0 spiro atoms. The second-order valence-corrected chi connectivity index (χ2v) is 8.54. The predicted octanol–water partition coefficient (Wildman–Crippen LogP) is 4.98.